The Morgan fingerprint density at radius 1 is 1.22 bits per heavy atom. The van der Waals surface area contributed by atoms with Crippen molar-refractivity contribution in [3.8, 4) is 0 Å². The number of nitrogens with one attached hydrogen (secondary N) is 1. The maximum absolute atomic E-state index is 12.9. The van der Waals surface area contributed by atoms with E-state index in [1.165, 1.54) is 30.2 Å². The molecule has 1 aromatic carbocycles. The molecule has 2 aromatic heterocycles. The Balaban J connectivity index is 1.68. The summed E-state index contributed by atoms with van der Waals surface area (Å²) in [7, 11) is 0. The smallest absolute Gasteiger partial charge is 0.272 e. The maximum Gasteiger partial charge on any atom is 0.272 e. The fourth-order valence-electron chi connectivity index (χ4n) is 3.52. The normalized spacial score (nSPS) is 14.4. The first-order chi connectivity index (χ1) is 13.1. The van der Waals surface area contributed by atoms with Gasteiger partial charge in [-0.05, 0) is 60.7 Å². The number of aryl methyl sites for hydroxylation is 3. The Labute approximate surface area is 167 Å². The van der Waals surface area contributed by atoms with E-state index >= 15 is 0 Å². The molecule has 1 aliphatic carbocycles. The van der Waals surface area contributed by atoms with Gasteiger partial charge in [0.05, 0.1) is 17.3 Å². The number of hydrogen-bond acceptors (Lipinski definition) is 4. The molecule has 0 fully saturated rings. The van der Waals surface area contributed by atoms with Gasteiger partial charge < -0.3 is 5.32 Å². The largest absolute Gasteiger partial charge is 0.339 e. The molecule has 1 N–H and O–H groups in total. The van der Waals surface area contributed by atoms with Gasteiger partial charge in [0, 0.05) is 4.88 Å². The van der Waals surface area contributed by atoms with Crippen LogP contribution in [0.25, 0.3) is 0 Å². The third kappa shape index (κ3) is 3.89. The molecule has 0 radical (unpaired) electrons. The molecular formula is C21H20ClN3OS. The summed E-state index contributed by atoms with van der Waals surface area (Å²) in [6.45, 7) is 1.74. The Morgan fingerprint density at radius 3 is 2.81 bits per heavy atom. The highest BCUT2D eigenvalue weighted by Crippen LogP contribution is 2.30. The molecule has 1 amide bonds. The van der Waals surface area contributed by atoms with E-state index in [0.717, 1.165) is 23.3 Å². The second kappa shape index (κ2) is 7.79. The molecule has 1 aliphatic rings. The van der Waals surface area contributed by atoms with Gasteiger partial charge in [-0.25, -0.2) is 9.97 Å². The SMILES string of the molecule is Cc1ncc(Cl)c(C(=O)NC(c2ccc3c(c2)CCCC3)c2cccs2)n1. The zero-order chi connectivity index (χ0) is 18.8. The number of fused-ring (bicyclic) bond motifs is 1. The summed E-state index contributed by atoms with van der Waals surface area (Å²) in [5, 5.41) is 5.40. The first kappa shape index (κ1) is 18.1. The standard InChI is InChI=1S/C21H20ClN3OS/c1-13-23-12-17(22)20(24-13)21(26)25-19(18-7-4-10-27-18)16-9-8-14-5-2-3-6-15(14)11-16/h4,7-12,19H,2-3,5-6H2,1H3,(H,25,26). The van der Waals surface area contributed by atoms with Gasteiger partial charge in [-0.1, -0.05) is 35.9 Å². The van der Waals surface area contributed by atoms with Gasteiger partial charge in [-0.2, -0.15) is 0 Å². The lowest BCUT2D eigenvalue weighted by Gasteiger charge is -2.22. The van der Waals surface area contributed by atoms with E-state index in [4.69, 9.17) is 11.6 Å². The van der Waals surface area contributed by atoms with E-state index in [0.29, 0.717) is 5.82 Å². The van der Waals surface area contributed by atoms with Crippen LogP contribution in [0.5, 0.6) is 0 Å². The van der Waals surface area contributed by atoms with E-state index in [9.17, 15) is 4.79 Å². The molecule has 0 saturated heterocycles. The Morgan fingerprint density at radius 2 is 2.04 bits per heavy atom. The van der Waals surface area contributed by atoms with Crippen molar-refractivity contribution in [2.75, 3.05) is 0 Å². The van der Waals surface area contributed by atoms with Gasteiger partial charge in [0.1, 0.15) is 11.5 Å². The number of amides is 1. The average Bonchev–Trinajstić information content (AvgIpc) is 3.22. The van der Waals surface area contributed by atoms with Gasteiger partial charge in [0.2, 0.25) is 0 Å². The molecule has 0 bridgehead atoms. The van der Waals surface area contributed by atoms with Crippen molar-refractivity contribution in [1.29, 1.82) is 0 Å². The van der Waals surface area contributed by atoms with Gasteiger partial charge >= 0.3 is 0 Å². The van der Waals surface area contributed by atoms with Crippen molar-refractivity contribution < 1.29 is 4.79 Å². The fraction of sp³-hybridized carbons (Fsp3) is 0.286. The van der Waals surface area contributed by atoms with Crippen LogP contribution in [0.1, 0.15) is 56.8 Å². The van der Waals surface area contributed by atoms with E-state index in [2.05, 4.69) is 33.5 Å². The van der Waals surface area contributed by atoms with Crippen LogP contribution in [0.2, 0.25) is 5.02 Å². The zero-order valence-corrected chi connectivity index (χ0v) is 16.6. The molecule has 6 heteroatoms. The number of benzene rings is 1. The summed E-state index contributed by atoms with van der Waals surface area (Å²) in [5.41, 5.74) is 4.12. The molecule has 27 heavy (non-hydrogen) atoms. The summed E-state index contributed by atoms with van der Waals surface area (Å²) in [6, 6.07) is 10.4. The summed E-state index contributed by atoms with van der Waals surface area (Å²) >= 11 is 7.78. The van der Waals surface area contributed by atoms with Crippen LogP contribution in [-0.2, 0) is 12.8 Å². The Hall–Kier alpha value is -2.24. The van der Waals surface area contributed by atoms with Crippen LogP contribution in [0.3, 0.4) is 0 Å². The minimum absolute atomic E-state index is 0.212. The highest BCUT2D eigenvalue weighted by atomic mass is 35.5. The number of thiophene rings is 1. The topological polar surface area (TPSA) is 54.9 Å². The lowest BCUT2D eigenvalue weighted by atomic mass is 9.89. The van der Waals surface area contributed by atoms with Crippen LogP contribution in [0.4, 0.5) is 0 Å². The van der Waals surface area contributed by atoms with Gasteiger partial charge in [0.25, 0.3) is 5.91 Å². The van der Waals surface area contributed by atoms with Gasteiger partial charge in [-0.15, -0.1) is 11.3 Å². The van der Waals surface area contributed by atoms with Crippen LogP contribution >= 0.6 is 22.9 Å². The predicted octanol–water partition coefficient (Wildman–Crippen LogP) is 4.90. The minimum atomic E-state index is -0.290. The number of carbonyl (C=O) groups excluding carboxylic acids is 1. The zero-order valence-electron chi connectivity index (χ0n) is 15.0. The summed E-state index contributed by atoms with van der Waals surface area (Å²) in [4.78, 5) is 22.2. The first-order valence-corrected chi connectivity index (χ1v) is 10.3. The van der Waals surface area contributed by atoms with Crippen molar-refractivity contribution in [3.05, 3.63) is 80.0 Å². The molecule has 4 rings (SSSR count). The molecule has 4 nitrogen and oxygen atoms in total. The van der Waals surface area contributed by atoms with Crippen LogP contribution in [0, 0.1) is 6.92 Å². The van der Waals surface area contributed by atoms with Crippen molar-refractivity contribution in [3.63, 3.8) is 0 Å². The maximum atomic E-state index is 12.9. The summed E-state index contributed by atoms with van der Waals surface area (Å²) < 4.78 is 0. The molecular weight excluding hydrogens is 378 g/mol. The Bertz CT molecular complexity index is 972. The second-order valence-corrected chi connectivity index (χ2v) is 8.16. The molecule has 2 heterocycles. The second-order valence-electron chi connectivity index (χ2n) is 6.77. The lowest BCUT2D eigenvalue weighted by Crippen LogP contribution is -2.30. The number of carbonyl (C=O) groups is 1. The average molecular weight is 398 g/mol. The molecule has 138 valence electrons. The molecule has 1 unspecified atom stereocenters. The lowest BCUT2D eigenvalue weighted by molar-refractivity contribution is 0.0938. The summed E-state index contributed by atoms with van der Waals surface area (Å²) in [5.74, 6) is 0.229. The monoisotopic (exact) mass is 397 g/mol. The molecule has 0 spiro atoms. The van der Waals surface area contributed by atoms with E-state index in [-0.39, 0.29) is 22.7 Å². The predicted molar refractivity (Wildman–Crippen MR) is 108 cm³/mol. The summed E-state index contributed by atoms with van der Waals surface area (Å²) in [6.07, 6.45) is 6.19. The van der Waals surface area contributed by atoms with Gasteiger partial charge in [-0.3, -0.25) is 4.79 Å². The van der Waals surface area contributed by atoms with Crippen LogP contribution < -0.4 is 5.32 Å². The number of nitrogens with zero attached hydrogens (tertiary/aromatic N) is 2. The molecule has 0 aliphatic heterocycles. The third-order valence-corrected chi connectivity index (χ3v) is 6.10. The van der Waals surface area contributed by atoms with E-state index < -0.39 is 0 Å². The molecule has 1 atom stereocenters. The molecule has 0 saturated carbocycles. The highest BCUT2D eigenvalue weighted by Gasteiger charge is 2.23. The van der Waals surface area contributed by atoms with E-state index in [1.54, 1.807) is 18.3 Å². The number of aromatic nitrogens is 2. The minimum Gasteiger partial charge on any atom is -0.339 e. The fourth-order valence-corrected chi connectivity index (χ4v) is 4.50. The quantitative estimate of drug-likeness (QED) is 0.681. The van der Waals surface area contributed by atoms with Gasteiger partial charge in [0.15, 0.2) is 0 Å². The first-order valence-electron chi connectivity index (χ1n) is 9.07. The molecule has 3 aromatic rings. The van der Waals surface area contributed by atoms with Crippen molar-refractivity contribution >= 4 is 28.8 Å². The van der Waals surface area contributed by atoms with Crippen molar-refractivity contribution in [2.24, 2.45) is 0 Å². The number of hydrogen-bond donors (Lipinski definition) is 1. The van der Waals surface area contributed by atoms with Crippen LogP contribution in [0.15, 0.2) is 41.9 Å². The van der Waals surface area contributed by atoms with Crippen LogP contribution in [-0.4, -0.2) is 15.9 Å². The third-order valence-electron chi connectivity index (χ3n) is 4.89. The number of rotatable bonds is 4. The Kier molecular flexibility index (Phi) is 5.23. The highest BCUT2D eigenvalue weighted by molar-refractivity contribution is 7.10. The van der Waals surface area contributed by atoms with Crippen molar-refractivity contribution in [2.45, 2.75) is 38.6 Å². The number of halogens is 1. The van der Waals surface area contributed by atoms with Crippen molar-refractivity contribution in [1.82, 2.24) is 15.3 Å². The van der Waals surface area contributed by atoms with E-state index in [1.807, 2.05) is 17.5 Å².